The summed E-state index contributed by atoms with van der Waals surface area (Å²) < 4.78 is 17.8. The summed E-state index contributed by atoms with van der Waals surface area (Å²) in [5.41, 5.74) is 0.601. The third kappa shape index (κ3) is 2.98. The molecule has 0 spiro atoms. The van der Waals surface area contributed by atoms with E-state index < -0.39 is 11.8 Å². The summed E-state index contributed by atoms with van der Waals surface area (Å²) in [6, 6.07) is 4.18. The highest BCUT2D eigenvalue weighted by molar-refractivity contribution is 5.86. The summed E-state index contributed by atoms with van der Waals surface area (Å²) in [6.45, 7) is 3.45. The summed E-state index contributed by atoms with van der Waals surface area (Å²) in [7, 11) is 1.36. The second-order valence-electron chi connectivity index (χ2n) is 3.11. The summed E-state index contributed by atoms with van der Waals surface area (Å²) in [5.74, 6) is -1.43. The number of anilines is 1. The monoisotopic (exact) mass is 225 g/mol. The normalized spacial score (nSPS) is 9.62. The van der Waals surface area contributed by atoms with Crippen LogP contribution in [-0.2, 0) is 4.79 Å². The zero-order valence-electron chi connectivity index (χ0n) is 8.79. The molecule has 1 aromatic carbocycles. The Labute approximate surface area is 92.4 Å². The molecule has 16 heavy (non-hydrogen) atoms. The number of rotatable bonds is 5. The minimum absolute atomic E-state index is 0.0308. The van der Waals surface area contributed by atoms with Crippen LogP contribution in [0.4, 0.5) is 10.1 Å². The minimum atomic E-state index is -1.07. The molecule has 86 valence electrons. The van der Waals surface area contributed by atoms with Crippen LogP contribution in [0.3, 0.4) is 0 Å². The van der Waals surface area contributed by atoms with Crippen molar-refractivity contribution in [2.75, 3.05) is 19.0 Å². The highest BCUT2D eigenvalue weighted by atomic mass is 19.1. The van der Waals surface area contributed by atoms with Gasteiger partial charge in [-0.05, 0) is 12.1 Å². The fraction of sp³-hybridized carbons (Fsp3) is 0.182. The maximum atomic E-state index is 13.0. The molecule has 0 bridgehead atoms. The van der Waals surface area contributed by atoms with Gasteiger partial charge >= 0.3 is 5.97 Å². The van der Waals surface area contributed by atoms with E-state index >= 15 is 0 Å². The number of carboxylic acids is 1. The molecule has 0 heterocycles. The highest BCUT2D eigenvalue weighted by Gasteiger charge is 2.06. The summed E-state index contributed by atoms with van der Waals surface area (Å²) in [6.07, 6.45) is 0. The second-order valence-corrected chi connectivity index (χ2v) is 3.11. The Kier molecular flexibility index (Phi) is 3.88. The molecule has 0 saturated carbocycles. The van der Waals surface area contributed by atoms with Crippen molar-refractivity contribution in [1.82, 2.24) is 0 Å². The van der Waals surface area contributed by atoms with E-state index in [0.717, 1.165) is 0 Å². The van der Waals surface area contributed by atoms with Gasteiger partial charge in [0.25, 0.3) is 0 Å². The van der Waals surface area contributed by atoms with Crippen molar-refractivity contribution in [2.24, 2.45) is 0 Å². The lowest BCUT2D eigenvalue weighted by Gasteiger charge is -2.08. The molecule has 0 aliphatic heterocycles. The predicted octanol–water partition coefficient (Wildman–Crippen LogP) is 1.89. The molecule has 0 saturated heterocycles. The van der Waals surface area contributed by atoms with Crippen molar-refractivity contribution in [3.8, 4) is 5.75 Å². The molecule has 0 aromatic heterocycles. The van der Waals surface area contributed by atoms with Crippen LogP contribution >= 0.6 is 0 Å². The fourth-order valence-corrected chi connectivity index (χ4v) is 1.05. The standard InChI is InChI=1S/C11H12FNO3/c1-7(11(14)15)6-13-8-3-4-9(12)10(5-8)16-2/h3-5,13H,1,6H2,2H3,(H,14,15). The van der Waals surface area contributed by atoms with Crippen molar-refractivity contribution in [2.45, 2.75) is 0 Å². The first kappa shape index (κ1) is 12.0. The smallest absolute Gasteiger partial charge is 0.332 e. The summed E-state index contributed by atoms with van der Waals surface area (Å²) in [4.78, 5) is 10.5. The number of nitrogens with one attached hydrogen (secondary N) is 1. The lowest BCUT2D eigenvalue weighted by atomic mass is 10.2. The molecule has 1 rings (SSSR count). The third-order valence-corrected chi connectivity index (χ3v) is 1.96. The number of benzene rings is 1. The van der Waals surface area contributed by atoms with Crippen molar-refractivity contribution in [1.29, 1.82) is 0 Å². The number of hydrogen-bond acceptors (Lipinski definition) is 3. The van der Waals surface area contributed by atoms with E-state index in [1.165, 1.54) is 25.3 Å². The van der Waals surface area contributed by atoms with E-state index in [-0.39, 0.29) is 17.9 Å². The number of carbonyl (C=O) groups is 1. The molecule has 0 fully saturated rings. The van der Waals surface area contributed by atoms with Crippen LogP contribution in [-0.4, -0.2) is 24.7 Å². The average molecular weight is 225 g/mol. The van der Waals surface area contributed by atoms with Gasteiger partial charge in [-0.1, -0.05) is 6.58 Å². The van der Waals surface area contributed by atoms with E-state index in [2.05, 4.69) is 11.9 Å². The molecule has 4 nitrogen and oxygen atoms in total. The SMILES string of the molecule is C=C(CNc1ccc(F)c(OC)c1)C(=O)O. The van der Waals surface area contributed by atoms with Gasteiger partial charge in [0.2, 0.25) is 0 Å². The quantitative estimate of drug-likeness (QED) is 0.751. The first-order chi connectivity index (χ1) is 7.54. The molecule has 5 heteroatoms. The minimum Gasteiger partial charge on any atom is -0.494 e. The lowest BCUT2D eigenvalue weighted by Crippen LogP contribution is -2.11. The summed E-state index contributed by atoms with van der Waals surface area (Å²) >= 11 is 0. The van der Waals surface area contributed by atoms with Gasteiger partial charge in [-0.15, -0.1) is 0 Å². The predicted molar refractivity (Wildman–Crippen MR) is 58.2 cm³/mol. The first-order valence-electron chi connectivity index (χ1n) is 4.53. The van der Waals surface area contributed by atoms with Crippen LogP contribution in [0.2, 0.25) is 0 Å². The number of methoxy groups -OCH3 is 1. The van der Waals surface area contributed by atoms with Crippen LogP contribution in [0, 0.1) is 5.82 Å². The van der Waals surface area contributed by atoms with Gasteiger partial charge in [-0.3, -0.25) is 0 Å². The second kappa shape index (κ2) is 5.16. The van der Waals surface area contributed by atoms with Gasteiger partial charge < -0.3 is 15.2 Å². The molecule has 0 aliphatic rings. The molecule has 2 N–H and O–H groups in total. The largest absolute Gasteiger partial charge is 0.494 e. The van der Waals surface area contributed by atoms with Gasteiger partial charge in [0.1, 0.15) is 0 Å². The van der Waals surface area contributed by atoms with Gasteiger partial charge in [0.05, 0.1) is 7.11 Å². The zero-order valence-corrected chi connectivity index (χ0v) is 8.79. The van der Waals surface area contributed by atoms with Crippen molar-refractivity contribution in [3.63, 3.8) is 0 Å². The van der Waals surface area contributed by atoms with Gasteiger partial charge in [0.15, 0.2) is 11.6 Å². The number of carboxylic acid groups (broad SMARTS) is 1. The molecular weight excluding hydrogens is 213 g/mol. The average Bonchev–Trinajstić information content (AvgIpc) is 2.27. The lowest BCUT2D eigenvalue weighted by molar-refractivity contribution is -0.132. The molecule has 1 aromatic rings. The highest BCUT2D eigenvalue weighted by Crippen LogP contribution is 2.21. The van der Waals surface area contributed by atoms with Gasteiger partial charge in [-0.2, -0.15) is 0 Å². The summed E-state index contributed by atoms with van der Waals surface area (Å²) in [5, 5.41) is 11.4. The van der Waals surface area contributed by atoms with E-state index in [9.17, 15) is 9.18 Å². The third-order valence-electron chi connectivity index (χ3n) is 1.96. The molecule has 0 unspecified atom stereocenters. The van der Waals surface area contributed by atoms with Crippen LogP contribution in [0.25, 0.3) is 0 Å². The van der Waals surface area contributed by atoms with Crippen LogP contribution in [0.15, 0.2) is 30.4 Å². The maximum Gasteiger partial charge on any atom is 0.332 e. The molecule has 0 amide bonds. The van der Waals surface area contributed by atoms with Gasteiger partial charge in [0, 0.05) is 23.9 Å². The number of hydrogen-bond donors (Lipinski definition) is 2. The van der Waals surface area contributed by atoms with Crippen molar-refractivity contribution in [3.05, 3.63) is 36.2 Å². The van der Waals surface area contributed by atoms with E-state index in [0.29, 0.717) is 5.69 Å². The van der Waals surface area contributed by atoms with Gasteiger partial charge in [-0.25, -0.2) is 9.18 Å². The van der Waals surface area contributed by atoms with E-state index in [4.69, 9.17) is 9.84 Å². The fourth-order valence-electron chi connectivity index (χ4n) is 1.05. The van der Waals surface area contributed by atoms with Crippen LogP contribution < -0.4 is 10.1 Å². The van der Waals surface area contributed by atoms with Crippen LogP contribution in [0.5, 0.6) is 5.75 Å². The molecular formula is C11H12FNO3. The van der Waals surface area contributed by atoms with Crippen LogP contribution in [0.1, 0.15) is 0 Å². The Hall–Kier alpha value is -2.04. The molecule has 0 radical (unpaired) electrons. The maximum absolute atomic E-state index is 13.0. The van der Waals surface area contributed by atoms with Crippen molar-refractivity contribution >= 4 is 11.7 Å². The first-order valence-corrected chi connectivity index (χ1v) is 4.53. The Bertz CT molecular complexity index is 418. The number of aliphatic carboxylic acids is 1. The Morgan fingerprint density at radius 3 is 2.88 bits per heavy atom. The van der Waals surface area contributed by atoms with Crippen molar-refractivity contribution < 1.29 is 19.0 Å². The zero-order chi connectivity index (χ0) is 12.1. The topological polar surface area (TPSA) is 58.6 Å². The molecule has 0 aliphatic carbocycles. The Balaban J connectivity index is 2.68. The van der Waals surface area contributed by atoms with E-state index in [1.54, 1.807) is 0 Å². The molecule has 0 atom stereocenters. The Morgan fingerprint density at radius 1 is 1.62 bits per heavy atom. The van der Waals surface area contributed by atoms with E-state index in [1.807, 2.05) is 0 Å². The number of ether oxygens (including phenoxy) is 1. The number of halogens is 1. The Morgan fingerprint density at radius 2 is 2.31 bits per heavy atom.